The highest BCUT2D eigenvalue weighted by Gasteiger charge is 2.14. The number of nitrogens with zero attached hydrogens (tertiary/aromatic N) is 3. The van der Waals surface area contributed by atoms with Crippen molar-refractivity contribution in [2.24, 2.45) is 5.92 Å². The van der Waals surface area contributed by atoms with Gasteiger partial charge in [-0.15, -0.1) is 0 Å². The first kappa shape index (κ1) is 12.6. The molecule has 1 heterocycles. The number of hydrogen-bond donors (Lipinski definition) is 2. The van der Waals surface area contributed by atoms with Crippen molar-refractivity contribution in [3.05, 3.63) is 11.9 Å². The van der Waals surface area contributed by atoms with Crippen molar-refractivity contribution < 1.29 is 0 Å². The summed E-state index contributed by atoms with van der Waals surface area (Å²) >= 11 is 0. The minimum Gasteiger partial charge on any atom is -0.370 e. The van der Waals surface area contributed by atoms with Crippen LogP contribution in [0.1, 0.15) is 31.5 Å². The van der Waals surface area contributed by atoms with E-state index in [-0.39, 0.29) is 6.54 Å². The molecule has 1 saturated carbocycles. The maximum absolute atomic E-state index is 8.54. The zero-order valence-electron chi connectivity index (χ0n) is 10.7. The fourth-order valence-corrected chi connectivity index (χ4v) is 2.34. The highest BCUT2D eigenvalue weighted by atomic mass is 15.1. The van der Waals surface area contributed by atoms with Crippen molar-refractivity contribution in [1.29, 1.82) is 5.26 Å². The number of nitrogens with one attached hydrogen (secondary N) is 2. The number of anilines is 2. The van der Waals surface area contributed by atoms with Gasteiger partial charge in [0.25, 0.3) is 0 Å². The Hall–Kier alpha value is -1.83. The van der Waals surface area contributed by atoms with Crippen molar-refractivity contribution in [3.8, 4) is 6.07 Å². The SMILES string of the molecule is Cc1nc(NCC#N)cc(NCC2CCCC2)n1. The number of aromatic nitrogens is 2. The lowest BCUT2D eigenvalue weighted by molar-refractivity contribution is 0.578. The molecule has 5 heteroatoms. The van der Waals surface area contributed by atoms with E-state index in [9.17, 15) is 0 Å². The van der Waals surface area contributed by atoms with Gasteiger partial charge in [-0.3, -0.25) is 0 Å². The quantitative estimate of drug-likeness (QED) is 0.779. The van der Waals surface area contributed by atoms with Crippen LogP contribution in [0, 0.1) is 24.2 Å². The topological polar surface area (TPSA) is 73.6 Å². The molecule has 96 valence electrons. The second-order valence-electron chi connectivity index (χ2n) is 4.73. The van der Waals surface area contributed by atoms with Crippen molar-refractivity contribution >= 4 is 11.6 Å². The molecule has 1 fully saturated rings. The van der Waals surface area contributed by atoms with E-state index in [1.54, 1.807) is 0 Å². The molecule has 0 aromatic carbocycles. The van der Waals surface area contributed by atoms with E-state index in [4.69, 9.17) is 5.26 Å². The molecular formula is C13H19N5. The highest BCUT2D eigenvalue weighted by molar-refractivity contribution is 5.47. The van der Waals surface area contributed by atoms with Crippen LogP contribution >= 0.6 is 0 Å². The van der Waals surface area contributed by atoms with Crippen LogP contribution < -0.4 is 10.6 Å². The molecule has 0 atom stereocenters. The van der Waals surface area contributed by atoms with Crippen LogP contribution in [0.15, 0.2) is 6.07 Å². The molecule has 0 bridgehead atoms. The Morgan fingerprint density at radius 3 is 2.61 bits per heavy atom. The summed E-state index contributed by atoms with van der Waals surface area (Å²) in [4.78, 5) is 8.60. The summed E-state index contributed by atoms with van der Waals surface area (Å²) in [7, 11) is 0. The van der Waals surface area contributed by atoms with Gasteiger partial charge in [0.05, 0.1) is 6.07 Å². The molecule has 1 aromatic rings. The van der Waals surface area contributed by atoms with Gasteiger partial charge in [0, 0.05) is 12.6 Å². The van der Waals surface area contributed by atoms with Crippen molar-refractivity contribution in [3.63, 3.8) is 0 Å². The van der Waals surface area contributed by atoms with Crippen molar-refractivity contribution in [2.45, 2.75) is 32.6 Å². The van der Waals surface area contributed by atoms with Crippen LogP contribution in [0.5, 0.6) is 0 Å². The third-order valence-corrected chi connectivity index (χ3v) is 3.23. The monoisotopic (exact) mass is 245 g/mol. The minimum absolute atomic E-state index is 0.262. The second kappa shape index (κ2) is 6.20. The molecule has 18 heavy (non-hydrogen) atoms. The van der Waals surface area contributed by atoms with E-state index in [1.807, 2.05) is 19.1 Å². The maximum atomic E-state index is 8.54. The Kier molecular flexibility index (Phi) is 4.35. The van der Waals surface area contributed by atoms with Crippen molar-refractivity contribution in [1.82, 2.24) is 9.97 Å². The number of nitriles is 1. The molecule has 0 unspecified atom stereocenters. The summed E-state index contributed by atoms with van der Waals surface area (Å²) in [6.45, 7) is 3.10. The minimum atomic E-state index is 0.262. The zero-order valence-corrected chi connectivity index (χ0v) is 10.7. The summed E-state index contributed by atoms with van der Waals surface area (Å²) in [6.07, 6.45) is 5.33. The van der Waals surface area contributed by atoms with Crippen LogP contribution in [0.4, 0.5) is 11.6 Å². The molecular weight excluding hydrogens is 226 g/mol. The van der Waals surface area contributed by atoms with Crippen LogP contribution in [-0.2, 0) is 0 Å². The normalized spacial score (nSPS) is 15.3. The molecule has 0 aliphatic heterocycles. The third kappa shape index (κ3) is 3.59. The lowest BCUT2D eigenvalue weighted by atomic mass is 10.1. The zero-order chi connectivity index (χ0) is 12.8. The van der Waals surface area contributed by atoms with E-state index >= 15 is 0 Å². The van der Waals surface area contributed by atoms with Gasteiger partial charge >= 0.3 is 0 Å². The predicted octanol–water partition coefficient (Wildman–Crippen LogP) is 2.32. The Morgan fingerprint density at radius 2 is 1.94 bits per heavy atom. The van der Waals surface area contributed by atoms with Crippen LogP contribution in [-0.4, -0.2) is 23.1 Å². The molecule has 1 aliphatic rings. The molecule has 0 radical (unpaired) electrons. The standard InChI is InChI=1S/C13H19N5/c1-10-17-12(15-7-6-14)8-13(18-10)16-9-11-4-2-3-5-11/h8,11H,2-5,7,9H2,1H3,(H2,15,16,17,18). The van der Waals surface area contributed by atoms with E-state index in [0.29, 0.717) is 11.6 Å². The molecule has 1 aliphatic carbocycles. The van der Waals surface area contributed by atoms with Gasteiger partial charge in [-0.2, -0.15) is 5.26 Å². The maximum Gasteiger partial charge on any atom is 0.132 e. The smallest absolute Gasteiger partial charge is 0.132 e. The summed E-state index contributed by atoms with van der Waals surface area (Å²) in [5, 5.41) is 14.9. The molecule has 0 spiro atoms. The summed E-state index contributed by atoms with van der Waals surface area (Å²) in [5.41, 5.74) is 0. The Bertz CT molecular complexity index is 431. The van der Waals surface area contributed by atoms with E-state index in [0.717, 1.165) is 18.3 Å². The van der Waals surface area contributed by atoms with E-state index in [2.05, 4.69) is 20.6 Å². The summed E-state index contributed by atoms with van der Waals surface area (Å²) in [5.74, 6) is 3.04. The molecule has 2 rings (SSSR count). The number of aryl methyl sites for hydroxylation is 1. The van der Waals surface area contributed by atoms with Gasteiger partial charge in [0.2, 0.25) is 0 Å². The lowest BCUT2D eigenvalue weighted by Crippen LogP contribution is -2.13. The fraction of sp³-hybridized carbons (Fsp3) is 0.615. The molecule has 2 N–H and O–H groups in total. The first-order valence-electron chi connectivity index (χ1n) is 6.48. The van der Waals surface area contributed by atoms with Gasteiger partial charge in [0.1, 0.15) is 24.0 Å². The molecule has 5 nitrogen and oxygen atoms in total. The molecule has 0 saturated heterocycles. The second-order valence-corrected chi connectivity index (χ2v) is 4.73. The fourth-order valence-electron chi connectivity index (χ4n) is 2.34. The van der Waals surface area contributed by atoms with Gasteiger partial charge < -0.3 is 10.6 Å². The Balaban J connectivity index is 1.94. The summed E-state index contributed by atoms with van der Waals surface area (Å²) < 4.78 is 0. The summed E-state index contributed by atoms with van der Waals surface area (Å²) in [6, 6.07) is 3.90. The van der Waals surface area contributed by atoms with Crippen molar-refractivity contribution in [2.75, 3.05) is 23.7 Å². The molecule has 0 amide bonds. The average Bonchev–Trinajstić information content (AvgIpc) is 2.86. The highest BCUT2D eigenvalue weighted by Crippen LogP contribution is 2.24. The lowest BCUT2D eigenvalue weighted by Gasteiger charge is -2.12. The first-order valence-corrected chi connectivity index (χ1v) is 6.48. The third-order valence-electron chi connectivity index (χ3n) is 3.23. The average molecular weight is 245 g/mol. The van der Waals surface area contributed by atoms with Gasteiger partial charge in [0.15, 0.2) is 0 Å². The van der Waals surface area contributed by atoms with Gasteiger partial charge in [-0.05, 0) is 25.7 Å². The Morgan fingerprint density at radius 1 is 1.28 bits per heavy atom. The van der Waals surface area contributed by atoms with Gasteiger partial charge in [-0.25, -0.2) is 9.97 Å². The Labute approximate surface area is 108 Å². The number of rotatable bonds is 5. The van der Waals surface area contributed by atoms with E-state index in [1.165, 1.54) is 25.7 Å². The molecule has 1 aromatic heterocycles. The first-order chi connectivity index (χ1) is 8.78. The van der Waals surface area contributed by atoms with Gasteiger partial charge in [-0.1, -0.05) is 12.8 Å². The van der Waals surface area contributed by atoms with Crippen LogP contribution in [0.3, 0.4) is 0 Å². The predicted molar refractivity (Wildman–Crippen MR) is 71.3 cm³/mol. The van der Waals surface area contributed by atoms with Crippen LogP contribution in [0.25, 0.3) is 0 Å². The van der Waals surface area contributed by atoms with Crippen LogP contribution in [0.2, 0.25) is 0 Å². The van der Waals surface area contributed by atoms with E-state index < -0.39 is 0 Å². The number of hydrogen-bond acceptors (Lipinski definition) is 5. The largest absolute Gasteiger partial charge is 0.370 e.